The predicted octanol–water partition coefficient (Wildman–Crippen LogP) is 4.92. The van der Waals surface area contributed by atoms with Crippen molar-refractivity contribution < 1.29 is 4.52 Å². The molecule has 0 spiro atoms. The van der Waals surface area contributed by atoms with Gasteiger partial charge in [-0.3, -0.25) is 20.7 Å². The Morgan fingerprint density at radius 2 is 1.93 bits per heavy atom. The number of anilines is 1. The van der Waals surface area contributed by atoms with E-state index in [1.165, 1.54) is 6.34 Å². The van der Waals surface area contributed by atoms with Gasteiger partial charge in [-0.1, -0.05) is 25.1 Å². The van der Waals surface area contributed by atoms with Crippen LogP contribution >= 0.6 is 0 Å². The Morgan fingerprint density at radius 3 is 2.63 bits per heavy atom. The second-order valence-electron chi connectivity index (χ2n) is 8.49. The second kappa shape index (κ2) is 7.48. The SMILES string of the molecule is CC(C)c1noc(C(C)(C)c2cncc(-c3ccc4c(c3)CCC(=N)N4C=N)c2)n1. The minimum absolute atomic E-state index is 0.209. The molecule has 1 aliphatic heterocycles. The Balaban J connectivity index is 1.70. The van der Waals surface area contributed by atoms with Crippen molar-refractivity contribution in [2.45, 2.75) is 51.9 Å². The third-order valence-corrected chi connectivity index (χ3v) is 5.68. The van der Waals surface area contributed by atoms with Gasteiger partial charge in [0.25, 0.3) is 0 Å². The van der Waals surface area contributed by atoms with Crippen LogP contribution in [0.25, 0.3) is 11.1 Å². The van der Waals surface area contributed by atoms with Gasteiger partial charge in [-0.05, 0) is 55.2 Å². The van der Waals surface area contributed by atoms with Crippen LogP contribution in [0.5, 0.6) is 0 Å². The molecule has 1 aliphatic rings. The quantitative estimate of drug-likeness (QED) is 0.466. The summed E-state index contributed by atoms with van der Waals surface area (Å²) in [5.41, 5.74) is 4.64. The van der Waals surface area contributed by atoms with Crippen LogP contribution in [-0.4, -0.2) is 27.3 Å². The lowest BCUT2D eigenvalue weighted by molar-refractivity contribution is 0.328. The zero-order valence-corrected chi connectivity index (χ0v) is 17.7. The summed E-state index contributed by atoms with van der Waals surface area (Å²) in [6.45, 7) is 8.21. The molecule has 0 radical (unpaired) electrons. The number of aromatic nitrogens is 3. The van der Waals surface area contributed by atoms with E-state index in [9.17, 15) is 0 Å². The van der Waals surface area contributed by atoms with Gasteiger partial charge in [0.1, 0.15) is 5.84 Å². The van der Waals surface area contributed by atoms with Crippen molar-refractivity contribution in [3.63, 3.8) is 0 Å². The minimum atomic E-state index is -0.469. The van der Waals surface area contributed by atoms with Crippen LogP contribution in [0.15, 0.2) is 41.2 Å². The zero-order valence-electron chi connectivity index (χ0n) is 17.7. The number of fused-ring (bicyclic) bond motifs is 1. The molecule has 3 aromatic rings. The average molecular weight is 403 g/mol. The van der Waals surface area contributed by atoms with Gasteiger partial charge in [-0.25, -0.2) is 0 Å². The first-order valence-electron chi connectivity index (χ1n) is 10.1. The number of nitrogens with one attached hydrogen (secondary N) is 2. The average Bonchev–Trinajstić information content (AvgIpc) is 3.25. The molecule has 3 heterocycles. The molecule has 0 saturated carbocycles. The number of nitrogens with zero attached hydrogens (tertiary/aromatic N) is 4. The summed E-state index contributed by atoms with van der Waals surface area (Å²) in [5, 5.41) is 19.8. The largest absolute Gasteiger partial charge is 0.338 e. The van der Waals surface area contributed by atoms with Crippen LogP contribution in [0.2, 0.25) is 0 Å². The number of pyridine rings is 1. The van der Waals surface area contributed by atoms with E-state index in [4.69, 9.17) is 15.3 Å². The van der Waals surface area contributed by atoms with E-state index in [0.717, 1.165) is 34.4 Å². The first-order valence-corrected chi connectivity index (χ1v) is 10.1. The molecule has 2 N–H and O–H groups in total. The van der Waals surface area contributed by atoms with Gasteiger partial charge in [0.2, 0.25) is 5.89 Å². The van der Waals surface area contributed by atoms with Crippen molar-refractivity contribution in [1.82, 2.24) is 15.1 Å². The maximum Gasteiger partial charge on any atom is 0.236 e. The lowest BCUT2D eigenvalue weighted by atomic mass is 9.84. The Morgan fingerprint density at radius 1 is 1.13 bits per heavy atom. The van der Waals surface area contributed by atoms with Crippen LogP contribution in [0.1, 0.15) is 62.9 Å². The number of rotatable bonds is 5. The number of hydrogen-bond acceptors (Lipinski definition) is 6. The maximum atomic E-state index is 8.05. The monoisotopic (exact) mass is 402 g/mol. The molecule has 0 fully saturated rings. The number of amidine groups is 1. The van der Waals surface area contributed by atoms with Gasteiger partial charge in [0, 0.05) is 30.3 Å². The van der Waals surface area contributed by atoms with E-state index >= 15 is 0 Å². The van der Waals surface area contributed by atoms with Crippen LogP contribution < -0.4 is 4.90 Å². The molecule has 0 atom stereocenters. The molecule has 0 bridgehead atoms. The van der Waals surface area contributed by atoms with Crippen LogP contribution in [0.3, 0.4) is 0 Å². The van der Waals surface area contributed by atoms with Gasteiger partial charge in [-0.2, -0.15) is 4.98 Å². The van der Waals surface area contributed by atoms with Gasteiger partial charge in [0.05, 0.1) is 17.4 Å². The first-order chi connectivity index (χ1) is 14.3. The van der Waals surface area contributed by atoms with Crippen molar-refractivity contribution >= 4 is 17.9 Å². The Hall–Kier alpha value is -3.35. The first kappa shape index (κ1) is 19.9. The minimum Gasteiger partial charge on any atom is -0.338 e. The summed E-state index contributed by atoms with van der Waals surface area (Å²) in [6.07, 6.45) is 6.34. The summed E-state index contributed by atoms with van der Waals surface area (Å²) < 4.78 is 5.56. The number of hydrogen-bond donors (Lipinski definition) is 2. The van der Waals surface area contributed by atoms with E-state index in [0.29, 0.717) is 24.0 Å². The van der Waals surface area contributed by atoms with Gasteiger partial charge in [0.15, 0.2) is 5.82 Å². The van der Waals surface area contributed by atoms with E-state index in [2.05, 4.69) is 41.1 Å². The van der Waals surface area contributed by atoms with Crippen molar-refractivity contribution in [2.24, 2.45) is 0 Å². The summed E-state index contributed by atoms with van der Waals surface area (Å²) in [7, 11) is 0. The molecule has 1 aromatic carbocycles. The number of benzene rings is 1. The van der Waals surface area contributed by atoms with E-state index in [1.807, 2.05) is 38.4 Å². The molecular weight excluding hydrogens is 376 g/mol. The van der Waals surface area contributed by atoms with Crippen LogP contribution in [-0.2, 0) is 11.8 Å². The highest BCUT2D eigenvalue weighted by Gasteiger charge is 2.31. The molecule has 0 saturated heterocycles. The van der Waals surface area contributed by atoms with E-state index in [1.54, 1.807) is 4.90 Å². The summed E-state index contributed by atoms with van der Waals surface area (Å²) in [6, 6.07) is 8.25. The van der Waals surface area contributed by atoms with E-state index < -0.39 is 5.41 Å². The van der Waals surface area contributed by atoms with Crippen LogP contribution in [0.4, 0.5) is 5.69 Å². The van der Waals surface area contributed by atoms with E-state index in [-0.39, 0.29) is 5.92 Å². The molecular formula is C23H26N6O. The normalized spacial score (nSPS) is 14.2. The van der Waals surface area contributed by atoms with Crippen LogP contribution in [0, 0.1) is 10.8 Å². The number of aryl methyl sites for hydroxylation is 1. The smallest absolute Gasteiger partial charge is 0.236 e. The van der Waals surface area contributed by atoms with Gasteiger partial charge >= 0.3 is 0 Å². The fraction of sp³-hybridized carbons (Fsp3) is 0.348. The lowest BCUT2D eigenvalue weighted by Crippen LogP contribution is -2.32. The third kappa shape index (κ3) is 3.40. The molecule has 0 unspecified atom stereocenters. The Bertz CT molecular complexity index is 1110. The second-order valence-corrected chi connectivity index (χ2v) is 8.49. The fourth-order valence-corrected chi connectivity index (χ4v) is 3.65. The van der Waals surface area contributed by atoms with Crippen molar-refractivity contribution in [3.8, 4) is 11.1 Å². The topological polar surface area (TPSA) is 103 Å². The van der Waals surface area contributed by atoms with Crippen molar-refractivity contribution in [1.29, 1.82) is 10.8 Å². The van der Waals surface area contributed by atoms with Gasteiger partial charge in [-0.15, -0.1) is 0 Å². The standard InChI is InChI=1S/C23H26N6O/c1-14(2)21-27-22(30-28-21)23(3,4)18-10-17(11-26-12-18)15-5-7-19-16(9-15)6-8-20(25)29(19)13-24/h5,7,9-14,24-25H,6,8H2,1-4H3. The summed E-state index contributed by atoms with van der Waals surface area (Å²) in [4.78, 5) is 10.7. The molecule has 4 rings (SSSR count). The highest BCUT2D eigenvalue weighted by Crippen LogP contribution is 2.35. The highest BCUT2D eigenvalue weighted by atomic mass is 16.5. The highest BCUT2D eigenvalue weighted by molar-refractivity contribution is 6.11. The molecule has 2 aromatic heterocycles. The predicted molar refractivity (Wildman–Crippen MR) is 117 cm³/mol. The van der Waals surface area contributed by atoms with Crippen molar-refractivity contribution in [3.05, 3.63) is 59.5 Å². The molecule has 30 heavy (non-hydrogen) atoms. The van der Waals surface area contributed by atoms with Crippen molar-refractivity contribution in [2.75, 3.05) is 4.90 Å². The molecule has 7 heteroatoms. The zero-order chi connectivity index (χ0) is 21.5. The third-order valence-electron chi connectivity index (χ3n) is 5.68. The maximum absolute atomic E-state index is 8.05. The molecule has 0 aliphatic carbocycles. The lowest BCUT2D eigenvalue weighted by Gasteiger charge is -2.28. The molecule has 7 nitrogen and oxygen atoms in total. The summed E-state index contributed by atoms with van der Waals surface area (Å²) >= 11 is 0. The van der Waals surface area contributed by atoms with Gasteiger partial charge < -0.3 is 4.52 Å². The Kier molecular flexibility index (Phi) is 4.97. The molecule has 154 valence electrons. The summed E-state index contributed by atoms with van der Waals surface area (Å²) in [5.74, 6) is 1.95. The fourth-order valence-electron chi connectivity index (χ4n) is 3.65. The Labute approximate surface area is 176 Å². The molecule has 0 amide bonds.